The van der Waals surface area contributed by atoms with E-state index in [1.807, 2.05) is 24.3 Å². The number of unbranched alkanes of at least 4 members (excludes halogenated alkanes) is 2. The third-order valence-corrected chi connectivity index (χ3v) is 4.85. The smallest absolute Gasteiger partial charge is 0.237 e. The average Bonchev–Trinajstić information content (AvgIpc) is 3.08. The van der Waals surface area contributed by atoms with Gasteiger partial charge in [0.25, 0.3) is 0 Å². The van der Waals surface area contributed by atoms with E-state index in [1.54, 1.807) is 30.1 Å². The van der Waals surface area contributed by atoms with E-state index in [4.69, 9.17) is 4.74 Å². The maximum absolute atomic E-state index is 12.0. The Morgan fingerprint density at radius 1 is 1.19 bits per heavy atom. The third kappa shape index (κ3) is 4.98. The summed E-state index contributed by atoms with van der Waals surface area (Å²) in [7, 11) is 1.54. The van der Waals surface area contributed by atoms with Crippen LogP contribution in [0.2, 0.25) is 0 Å². The topological polar surface area (TPSA) is 79.9 Å². The molecule has 0 saturated heterocycles. The molecule has 26 heavy (non-hydrogen) atoms. The Balaban J connectivity index is 1.33. The molecule has 7 heteroatoms. The lowest BCUT2D eigenvalue weighted by molar-refractivity contribution is -0.116. The molecule has 3 aromatic rings. The number of nitrogens with zero attached hydrogens (tertiary/aromatic N) is 2. The van der Waals surface area contributed by atoms with Gasteiger partial charge in [-0.2, -0.15) is 0 Å². The first-order chi connectivity index (χ1) is 12.8. The van der Waals surface area contributed by atoms with Gasteiger partial charge in [0.1, 0.15) is 5.69 Å². The van der Waals surface area contributed by atoms with Gasteiger partial charge in [0.15, 0.2) is 5.16 Å². The lowest BCUT2D eigenvalue weighted by Crippen LogP contribution is -2.12. The molecule has 0 saturated carbocycles. The van der Waals surface area contributed by atoms with Crippen LogP contribution in [0.25, 0.3) is 11.0 Å². The molecule has 0 aliphatic carbocycles. The van der Waals surface area contributed by atoms with Gasteiger partial charge >= 0.3 is 0 Å². The van der Waals surface area contributed by atoms with E-state index in [1.165, 1.54) is 7.11 Å². The summed E-state index contributed by atoms with van der Waals surface area (Å²) in [6, 6.07) is 11.6. The van der Waals surface area contributed by atoms with Crippen LogP contribution in [0.1, 0.15) is 25.7 Å². The van der Waals surface area contributed by atoms with Crippen molar-refractivity contribution in [2.75, 3.05) is 18.2 Å². The Morgan fingerprint density at radius 2 is 2.08 bits per heavy atom. The number of aromatic amines is 1. The van der Waals surface area contributed by atoms with Gasteiger partial charge in [0, 0.05) is 18.4 Å². The van der Waals surface area contributed by atoms with E-state index in [9.17, 15) is 4.79 Å². The first kappa shape index (κ1) is 18.3. The maximum Gasteiger partial charge on any atom is 0.237 e. The second kappa shape index (κ2) is 9.24. The van der Waals surface area contributed by atoms with E-state index in [0.29, 0.717) is 18.0 Å². The number of aromatic nitrogens is 3. The summed E-state index contributed by atoms with van der Waals surface area (Å²) >= 11 is 1.72. The molecule has 2 N–H and O–H groups in total. The number of carbonyl (C=O) groups is 1. The molecule has 0 fully saturated rings. The molecular weight excluding hydrogens is 348 g/mol. The van der Waals surface area contributed by atoms with E-state index in [0.717, 1.165) is 41.2 Å². The fraction of sp³-hybridized carbons (Fsp3) is 0.316. The molecule has 1 aromatic carbocycles. The van der Waals surface area contributed by atoms with Gasteiger partial charge < -0.3 is 15.0 Å². The van der Waals surface area contributed by atoms with Crippen LogP contribution < -0.4 is 10.1 Å². The summed E-state index contributed by atoms with van der Waals surface area (Å²) in [4.78, 5) is 23.9. The first-order valence-electron chi connectivity index (χ1n) is 8.62. The zero-order valence-corrected chi connectivity index (χ0v) is 15.5. The molecule has 0 radical (unpaired) electrons. The zero-order chi connectivity index (χ0) is 18.2. The summed E-state index contributed by atoms with van der Waals surface area (Å²) in [6.07, 6.45) is 5.03. The highest BCUT2D eigenvalue weighted by Crippen LogP contribution is 2.22. The van der Waals surface area contributed by atoms with Crippen molar-refractivity contribution in [2.24, 2.45) is 0 Å². The van der Waals surface area contributed by atoms with Gasteiger partial charge in [-0.15, -0.1) is 0 Å². The predicted octanol–water partition coefficient (Wildman–Crippen LogP) is 4.26. The van der Waals surface area contributed by atoms with Crippen molar-refractivity contribution in [3.8, 4) is 5.88 Å². The molecule has 2 aromatic heterocycles. The van der Waals surface area contributed by atoms with Crippen LogP contribution >= 0.6 is 11.8 Å². The maximum atomic E-state index is 12.0. The Labute approximate surface area is 156 Å². The number of fused-ring (bicyclic) bond motifs is 1. The third-order valence-electron chi connectivity index (χ3n) is 3.89. The van der Waals surface area contributed by atoms with Crippen molar-refractivity contribution < 1.29 is 9.53 Å². The van der Waals surface area contributed by atoms with Crippen LogP contribution in [0.5, 0.6) is 5.88 Å². The van der Waals surface area contributed by atoms with Crippen LogP contribution in [0.15, 0.2) is 47.8 Å². The van der Waals surface area contributed by atoms with Gasteiger partial charge in [-0.05, 0) is 37.1 Å². The van der Waals surface area contributed by atoms with Crippen LogP contribution in [-0.2, 0) is 4.79 Å². The number of hydrogen-bond acceptors (Lipinski definition) is 5. The molecule has 6 nitrogen and oxygen atoms in total. The Kier molecular flexibility index (Phi) is 6.49. The fourth-order valence-electron chi connectivity index (χ4n) is 2.59. The van der Waals surface area contributed by atoms with Crippen molar-refractivity contribution >= 4 is 34.4 Å². The number of H-pyrrole nitrogens is 1. The first-order valence-corrected chi connectivity index (χ1v) is 9.61. The molecule has 2 heterocycles. The molecule has 0 aliphatic rings. The zero-order valence-electron chi connectivity index (χ0n) is 14.7. The normalized spacial score (nSPS) is 10.8. The van der Waals surface area contributed by atoms with Gasteiger partial charge in [-0.25, -0.2) is 9.97 Å². The van der Waals surface area contributed by atoms with Gasteiger partial charge in [0.2, 0.25) is 11.8 Å². The SMILES string of the molecule is COc1ncccc1NC(=O)CCCCCSc1nc2ccccc2[nH]1. The predicted molar refractivity (Wildman–Crippen MR) is 105 cm³/mol. The van der Waals surface area contributed by atoms with Crippen molar-refractivity contribution in [2.45, 2.75) is 30.8 Å². The highest BCUT2D eigenvalue weighted by molar-refractivity contribution is 7.99. The number of thioether (sulfide) groups is 1. The van der Waals surface area contributed by atoms with Gasteiger partial charge in [0.05, 0.1) is 18.1 Å². The number of para-hydroxylation sites is 2. The van der Waals surface area contributed by atoms with E-state index in [2.05, 4.69) is 20.3 Å². The number of hydrogen-bond donors (Lipinski definition) is 2. The molecule has 0 spiro atoms. The molecule has 136 valence electrons. The monoisotopic (exact) mass is 370 g/mol. The van der Waals surface area contributed by atoms with Crippen LogP contribution in [0.4, 0.5) is 5.69 Å². The molecule has 3 rings (SSSR count). The standard InChI is InChI=1S/C19H22N4O2S/c1-25-18-16(10-7-12-20-18)21-17(24)11-3-2-6-13-26-19-22-14-8-4-5-9-15(14)23-19/h4-5,7-10,12H,2-3,6,11,13H2,1H3,(H,21,24)(H,22,23). The number of benzene rings is 1. The molecule has 1 amide bonds. The van der Waals surface area contributed by atoms with Crippen LogP contribution in [0, 0.1) is 0 Å². The number of methoxy groups -OCH3 is 1. The highest BCUT2D eigenvalue weighted by atomic mass is 32.2. The Hall–Kier alpha value is -2.54. The number of ether oxygens (including phenoxy) is 1. The average molecular weight is 370 g/mol. The minimum Gasteiger partial charge on any atom is -0.480 e. The number of rotatable bonds is 9. The van der Waals surface area contributed by atoms with E-state index >= 15 is 0 Å². The van der Waals surface area contributed by atoms with Crippen molar-refractivity contribution in [3.63, 3.8) is 0 Å². The second-order valence-corrected chi connectivity index (χ2v) is 6.91. The Bertz CT molecular complexity index is 832. The number of carbonyl (C=O) groups excluding carboxylic acids is 1. The highest BCUT2D eigenvalue weighted by Gasteiger charge is 2.08. The number of nitrogens with one attached hydrogen (secondary N) is 2. The van der Waals surface area contributed by atoms with E-state index < -0.39 is 0 Å². The van der Waals surface area contributed by atoms with Crippen molar-refractivity contribution in [3.05, 3.63) is 42.6 Å². The minimum absolute atomic E-state index is 0.0127. The lowest BCUT2D eigenvalue weighted by atomic mass is 10.2. The fourth-order valence-corrected chi connectivity index (χ4v) is 3.48. The largest absolute Gasteiger partial charge is 0.480 e. The summed E-state index contributed by atoms with van der Waals surface area (Å²) in [6.45, 7) is 0. The Morgan fingerprint density at radius 3 is 2.92 bits per heavy atom. The minimum atomic E-state index is -0.0127. The number of anilines is 1. The van der Waals surface area contributed by atoms with E-state index in [-0.39, 0.29) is 5.91 Å². The molecule has 0 aliphatic heterocycles. The van der Waals surface area contributed by atoms with Crippen molar-refractivity contribution in [1.82, 2.24) is 15.0 Å². The summed E-state index contributed by atoms with van der Waals surface area (Å²) in [5, 5.41) is 3.80. The second-order valence-electron chi connectivity index (χ2n) is 5.83. The lowest BCUT2D eigenvalue weighted by Gasteiger charge is -2.08. The molecule has 0 atom stereocenters. The molecule has 0 bridgehead atoms. The number of imidazole rings is 1. The van der Waals surface area contributed by atoms with Crippen molar-refractivity contribution in [1.29, 1.82) is 0 Å². The van der Waals surface area contributed by atoms with Gasteiger partial charge in [-0.1, -0.05) is 30.3 Å². The quantitative estimate of drug-likeness (QED) is 0.435. The summed E-state index contributed by atoms with van der Waals surface area (Å²) in [5.74, 6) is 1.40. The molecule has 0 unspecified atom stereocenters. The number of amides is 1. The molecular formula is C19H22N4O2S. The van der Waals surface area contributed by atoms with Crippen LogP contribution in [0.3, 0.4) is 0 Å². The number of pyridine rings is 1. The summed E-state index contributed by atoms with van der Waals surface area (Å²) in [5.41, 5.74) is 2.68. The van der Waals surface area contributed by atoms with Crippen LogP contribution in [-0.4, -0.2) is 33.7 Å². The van der Waals surface area contributed by atoms with Gasteiger partial charge in [-0.3, -0.25) is 4.79 Å². The summed E-state index contributed by atoms with van der Waals surface area (Å²) < 4.78 is 5.13.